The molecule has 0 atom stereocenters. The second-order valence-corrected chi connectivity index (χ2v) is 5.95. The first-order valence-electron chi connectivity index (χ1n) is 7.26. The third-order valence-electron chi connectivity index (χ3n) is 4.18. The summed E-state index contributed by atoms with van der Waals surface area (Å²) in [5.74, 6) is 0. The van der Waals surface area contributed by atoms with Crippen LogP contribution < -0.4 is 10.6 Å². The predicted octanol–water partition coefficient (Wildman–Crippen LogP) is 2.13. The lowest BCUT2D eigenvalue weighted by Crippen LogP contribution is -2.47. The average Bonchev–Trinajstić information content (AvgIpc) is 3.24. The molecule has 104 valence electrons. The van der Waals surface area contributed by atoms with Crippen molar-refractivity contribution >= 4 is 17.3 Å². The van der Waals surface area contributed by atoms with Gasteiger partial charge in [-0.2, -0.15) is 0 Å². The molecule has 1 aliphatic carbocycles. The van der Waals surface area contributed by atoms with Gasteiger partial charge in [0.1, 0.15) is 0 Å². The number of piperazine rings is 1. The van der Waals surface area contributed by atoms with Crippen LogP contribution in [0.5, 0.6) is 0 Å². The van der Waals surface area contributed by atoms with E-state index < -0.39 is 0 Å². The van der Waals surface area contributed by atoms with E-state index in [9.17, 15) is 0 Å². The molecule has 1 aromatic carbocycles. The van der Waals surface area contributed by atoms with Gasteiger partial charge in [-0.3, -0.25) is 4.90 Å². The number of hydrogen-bond acceptors (Lipinski definition) is 3. The van der Waals surface area contributed by atoms with Crippen LogP contribution >= 0.6 is 11.6 Å². The van der Waals surface area contributed by atoms with Gasteiger partial charge in [0.2, 0.25) is 0 Å². The van der Waals surface area contributed by atoms with E-state index in [1.165, 1.54) is 24.1 Å². The molecule has 1 aliphatic heterocycles. The van der Waals surface area contributed by atoms with Crippen LogP contribution in [0.4, 0.5) is 5.69 Å². The molecule has 2 N–H and O–H groups in total. The molecule has 2 fully saturated rings. The molecule has 0 spiro atoms. The van der Waals surface area contributed by atoms with E-state index in [-0.39, 0.29) is 0 Å². The number of hydrogen-bond donors (Lipinski definition) is 1. The zero-order valence-corrected chi connectivity index (χ0v) is 12.1. The molecule has 0 unspecified atom stereocenters. The average molecular weight is 280 g/mol. The summed E-state index contributed by atoms with van der Waals surface area (Å²) in [7, 11) is 0. The van der Waals surface area contributed by atoms with Crippen molar-refractivity contribution in [1.82, 2.24) is 4.90 Å². The Hall–Kier alpha value is -0.770. The van der Waals surface area contributed by atoms with E-state index in [0.29, 0.717) is 6.54 Å². The molecule has 0 radical (unpaired) electrons. The smallest absolute Gasteiger partial charge is 0.0642 e. The lowest BCUT2D eigenvalue weighted by molar-refractivity contribution is 0.248. The molecular formula is C15H22ClN3. The molecule has 19 heavy (non-hydrogen) atoms. The summed E-state index contributed by atoms with van der Waals surface area (Å²) in [6.07, 6.45) is 3.69. The summed E-state index contributed by atoms with van der Waals surface area (Å²) >= 11 is 6.41. The van der Waals surface area contributed by atoms with Crippen LogP contribution in [0.3, 0.4) is 0 Å². The van der Waals surface area contributed by atoms with E-state index in [2.05, 4.69) is 15.9 Å². The van der Waals surface area contributed by atoms with Crippen molar-refractivity contribution in [2.45, 2.75) is 25.3 Å². The van der Waals surface area contributed by atoms with Gasteiger partial charge in [0, 0.05) is 32.2 Å². The molecule has 1 heterocycles. The third-order valence-corrected chi connectivity index (χ3v) is 4.48. The van der Waals surface area contributed by atoms with Crippen LogP contribution in [0.1, 0.15) is 18.4 Å². The summed E-state index contributed by atoms with van der Waals surface area (Å²) in [6.45, 7) is 5.17. The molecule has 2 aliphatic rings. The van der Waals surface area contributed by atoms with E-state index in [1.54, 1.807) is 0 Å². The highest BCUT2D eigenvalue weighted by Gasteiger charge is 2.31. The van der Waals surface area contributed by atoms with Crippen molar-refractivity contribution in [3.63, 3.8) is 0 Å². The van der Waals surface area contributed by atoms with Gasteiger partial charge in [0.05, 0.1) is 10.7 Å². The largest absolute Gasteiger partial charge is 0.368 e. The van der Waals surface area contributed by atoms with Gasteiger partial charge in [-0.15, -0.1) is 0 Å². The second-order valence-electron chi connectivity index (χ2n) is 5.54. The van der Waals surface area contributed by atoms with E-state index in [0.717, 1.165) is 43.7 Å². The summed E-state index contributed by atoms with van der Waals surface area (Å²) < 4.78 is 0. The van der Waals surface area contributed by atoms with Gasteiger partial charge in [-0.1, -0.05) is 23.7 Å². The summed E-state index contributed by atoms with van der Waals surface area (Å²) in [5, 5.41) is 0.867. The van der Waals surface area contributed by atoms with Gasteiger partial charge >= 0.3 is 0 Å². The van der Waals surface area contributed by atoms with Crippen LogP contribution in [0.15, 0.2) is 18.2 Å². The van der Waals surface area contributed by atoms with Gasteiger partial charge in [-0.05, 0) is 37.4 Å². The fourth-order valence-electron chi connectivity index (χ4n) is 3.02. The normalized spacial score (nSPS) is 20.8. The van der Waals surface area contributed by atoms with Gasteiger partial charge < -0.3 is 10.6 Å². The molecule has 0 amide bonds. The molecule has 3 nitrogen and oxygen atoms in total. The summed E-state index contributed by atoms with van der Waals surface area (Å²) in [5.41, 5.74) is 8.21. The third kappa shape index (κ3) is 2.88. The highest BCUT2D eigenvalue weighted by Crippen LogP contribution is 2.33. The second kappa shape index (κ2) is 5.70. The number of rotatable bonds is 4. The van der Waals surface area contributed by atoms with E-state index in [4.69, 9.17) is 17.3 Å². The molecule has 1 aromatic rings. The fourth-order valence-corrected chi connectivity index (χ4v) is 3.34. The van der Waals surface area contributed by atoms with Crippen LogP contribution in [0.25, 0.3) is 0 Å². The Morgan fingerprint density at radius 2 is 1.89 bits per heavy atom. The lowest BCUT2D eigenvalue weighted by atomic mass is 10.1. The Morgan fingerprint density at radius 1 is 1.16 bits per heavy atom. The minimum atomic E-state index is 0.676. The molecule has 1 saturated carbocycles. The predicted molar refractivity (Wildman–Crippen MR) is 81.0 cm³/mol. The van der Waals surface area contributed by atoms with Crippen LogP contribution in [0.2, 0.25) is 5.02 Å². The Kier molecular flexibility index (Phi) is 3.96. The number of nitrogens with zero attached hydrogens (tertiary/aromatic N) is 2. The standard InChI is InChI=1S/C15H22ClN3/c16-14-3-1-2-12(6-7-17)15(14)19-10-8-18(9-11-19)13-4-5-13/h1-3,13H,4-11,17H2. The Bertz CT molecular complexity index is 437. The van der Waals surface area contributed by atoms with Crippen molar-refractivity contribution in [3.8, 4) is 0 Å². The van der Waals surface area contributed by atoms with Gasteiger partial charge in [0.25, 0.3) is 0 Å². The Labute approximate surface area is 120 Å². The maximum absolute atomic E-state index is 6.41. The monoisotopic (exact) mass is 279 g/mol. The van der Waals surface area contributed by atoms with Gasteiger partial charge in [0.15, 0.2) is 0 Å². The van der Waals surface area contributed by atoms with Crippen LogP contribution in [0, 0.1) is 0 Å². The molecule has 4 heteroatoms. The molecule has 1 saturated heterocycles. The number of para-hydroxylation sites is 1. The maximum atomic E-state index is 6.41. The maximum Gasteiger partial charge on any atom is 0.0642 e. The Morgan fingerprint density at radius 3 is 2.53 bits per heavy atom. The number of nitrogens with two attached hydrogens (primary N) is 1. The lowest BCUT2D eigenvalue weighted by Gasteiger charge is -2.37. The fraction of sp³-hybridized carbons (Fsp3) is 0.600. The van der Waals surface area contributed by atoms with Gasteiger partial charge in [-0.25, -0.2) is 0 Å². The first-order valence-corrected chi connectivity index (χ1v) is 7.64. The first kappa shape index (κ1) is 13.2. The molecule has 3 rings (SSSR count). The Balaban J connectivity index is 1.74. The van der Waals surface area contributed by atoms with Crippen LogP contribution in [-0.2, 0) is 6.42 Å². The molecular weight excluding hydrogens is 258 g/mol. The highest BCUT2D eigenvalue weighted by molar-refractivity contribution is 6.33. The summed E-state index contributed by atoms with van der Waals surface area (Å²) in [6, 6.07) is 7.04. The zero-order valence-electron chi connectivity index (χ0n) is 11.3. The van der Waals surface area contributed by atoms with Crippen molar-refractivity contribution in [3.05, 3.63) is 28.8 Å². The SMILES string of the molecule is NCCc1cccc(Cl)c1N1CCN(C2CC2)CC1. The number of halogens is 1. The van der Waals surface area contributed by atoms with E-state index >= 15 is 0 Å². The van der Waals surface area contributed by atoms with E-state index in [1.807, 2.05) is 12.1 Å². The summed E-state index contributed by atoms with van der Waals surface area (Å²) in [4.78, 5) is 5.06. The van der Waals surface area contributed by atoms with Crippen molar-refractivity contribution in [1.29, 1.82) is 0 Å². The zero-order chi connectivity index (χ0) is 13.2. The first-order chi connectivity index (χ1) is 9.29. The van der Waals surface area contributed by atoms with Crippen molar-refractivity contribution in [2.75, 3.05) is 37.6 Å². The quantitative estimate of drug-likeness (QED) is 0.916. The minimum Gasteiger partial charge on any atom is -0.368 e. The van der Waals surface area contributed by atoms with Crippen molar-refractivity contribution < 1.29 is 0 Å². The highest BCUT2D eigenvalue weighted by atomic mass is 35.5. The number of anilines is 1. The molecule has 0 aromatic heterocycles. The number of benzene rings is 1. The minimum absolute atomic E-state index is 0.676. The van der Waals surface area contributed by atoms with Crippen LogP contribution in [-0.4, -0.2) is 43.7 Å². The van der Waals surface area contributed by atoms with Crippen molar-refractivity contribution in [2.24, 2.45) is 5.73 Å². The molecule has 0 bridgehead atoms. The topological polar surface area (TPSA) is 32.5 Å².